The van der Waals surface area contributed by atoms with Gasteiger partial charge in [-0.25, -0.2) is 4.98 Å². The number of morpholine rings is 1. The average Bonchev–Trinajstić information content (AvgIpc) is 3.46. The van der Waals surface area contributed by atoms with Gasteiger partial charge in [-0.05, 0) is 60.2 Å². The predicted molar refractivity (Wildman–Crippen MR) is 166 cm³/mol. The molecule has 1 aliphatic heterocycles. The van der Waals surface area contributed by atoms with Crippen molar-refractivity contribution in [2.24, 2.45) is 0 Å². The lowest BCUT2D eigenvalue weighted by atomic mass is 9.87. The Morgan fingerprint density at radius 3 is 2.55 bits per heavy atom. The Balaban J connectivity index is 1.21. The SMILES string of the molecule is CC1CC=C(Oc2nc(Nc3ccc(N4CCOCC4)cc3)c3ncn(CCc4ccccc4)c3n2)c2ccccc21. The number of hydrogen-bond acceptors (Lipinski definition) is 7. The number of nitrogens with one attached hydrogen (secondary N) is 1. The molecule has 8 nitrogen and oxygen atoms in total. The lowest BCUT2D eigenvalue weighted by molar-refractivity contribution is 0.122. The number of aryl methyl sites for hydroxylation is 2. The van der Waals surface area contributed by atoms with Crippen LogP contribution < -0.4 is 15.0 Å². The molecule has 0 spiro atoms. The van der Waals surface area contributed by atoms with Crippen molar-refractivity contribution in [2.45, 2.75) is 32.2 Å². The van der Waals surface area contributed by atoms with E-state index in [4.69, 9.17) is 24.4 Å². The Hall–Kier alpha value is -4.69. The van der Waals surface area contributed by atoms with Gasteiger partial charge in [-0.1, -0.05) is 61.5 Å². The summed E-state index contributed by atoms with van der Waals surface area (Å²) in [6, 6.07) is 27.6. The van der Waals surface area contributed by atoms with Crippen LogP contribution in [0.4, 0.5) is 17.2 Å². The van der Waals surface area contributed by atoms with Gasteiger partial charge in [0, 0.05) is 36.6 Å². The summed E-state index contributed by atoms with van der Waals surface area (Å²) < 4.78 is 14.0. The second-order valence-electron chi connectivity index (χ2n) is 10.9. The predicted octanol–water partition coefficient (Wildman–Crippen LogP) is 6.58. The van der Waals surface area contributed by atoms with Crippen LogP contribution in [0.5, 0.6) is 6.01 Å². The Morgan fingerprint density at radius 2 is 1.71 bits per heavy atom. The second kappa shape index (κ2) is 11.7. The maximum Gasteiger partial charge on any atom is 0.326 e. The van der Waals surface area contributed by atoms with Crippen molar-refractivity contribution >= 4 is 34.1 Å². The first-order chi connectivity index (χ1) is 20.7. The molecule has 1 N–H and O–H groups in total. The Kier molecular flexibility index (Phi) is 7.28. The second-order valence-corrected chi connectivity index (χ2v) is 10.9. The van der Waals surface area contributed by atoms with Crippen LogP contribution in [-0.2, 0) is 17.7 Å². The van der Waals surface area contributed by atoms with Gasteiger partial charge in [-0.15, -0.1) is 0 Å². The number of ether oxygens (including phenoxy) is 2. The molecule has 212 valence electrons. The number of benzene rings is 3. The summed E-state index contributed by atoms with van der Waals surface area (Å²) in [4.78, 5) is 16.8. The maximum atomic E-state index is 6.44. The molecule has 1 atom stereocenters. The lowest BCUT2D eigenvalue weighted by Crippen LogP contribution is -2.36. The first kappa shape index (κ1) is 26.2. The quantitative estimate of drug-likeness (QED) is 0.231. The van der Waals surface area contributed by atoms with Gasteiger partial charge >= 0.3 is 6.01 Å². The fourth-order valence-corrected chi connectivity index (χ4v) is 5.70. The maximum absolute atomic E-state index is 6.44. The molecule has 3 heterocycles. The van der Waals surface area contributed by atoms with Crippen LogP contribution in [0.25, 0.3) is 16.9 Å². The molecule has 3 aromatic carbocycles. The molecule has 0 saturated carbocycles. The fourth-order valence-electron chi connectivity index (χ4n) is 5.70. The number of imidazole rings is 1. The number of hydrogen-bond donors (Lipinski definition) is 1. The Bertz CT molecular complexity index is 1710. The van der Waals surface area contributed by atoms with Crippen molar-refractivity contribution in [1.29, 1.82) is 0 Å². The third kappa shape index (κ3) is 5.45. The Labute approximate surface area is 245 Å². The summed E-state index contributed by atoms with van der Waals surface area (Å²) in [6.45, 7) is 6.30. The number of fused-ring (bicyclic) bond motifs is 2. The van der Waals surface area contributed by atoms with Crippen LogP contribution in [0.15, 0.2) is 91.3 Å². The number of nitrogens with zero attached hydrogens (tertiary/aromatic N) is 5. The average molecular weight is 559 g/mol. The number of allylic oxidation sites excluding steroid dienone is 1. The highest BCUT2D eigenvalue weighted by molar-refractivity contribution is 5.86. The lowest BCUT2D eigenvalue weighted by Gasteiger charge is -2.28. The van der Waals surface area contributed by atoms with Crippen molar-refractivity contribution in [3.63, 3.8) is 0 Å². The van der Waals surface area contributed by atoms with E-state index >= 15 is 0 Å². The molecule has 42 heavy (non-hydrogen) atoms. The number of anilines is 3. The van der Waals surface area contributed by atoms with Crippen LogP contribution in [0, 0.1) is 0 Å². The van der Waals surface area contributed by atoms with Gasteiger partial charge < -0.3 is 24.3 Å². The zero-order valence-corrected chi connectivity index (χ0v) is 23.7. The van der Waals surface area contributed by atoms with Gasteiger partial charge in [0.25, 0.3) is 0 Å². The highest BCUT2D eigenvalue weighted by Crippen LogP contribution is 2.35. The third-order valence-electron chi connectivity index (χ3n) is 8.05. The Morgan fingerprint density at radius 1 is 0.929 bits per heavy atom. The third-order valence-corrected chi connectivity index (χ3v) is 8.05. The molecule has 0 bridgehead atoms. The van der Waals surface area contributed by atoms with E-state index in [9.17, 15) is 0 Å². The molecule has 8 heteroatoms. The van der Waals surface area contributed by atoms with E-state index in [1.807, 2.05) is 18.5 Å². The molecule has 1 saturated heterocycles. The van der Waals surface area contributed by atoms with Gasteiger partial charge in [-0.2, -0.15) is 9.97 Å². The minimum absolute atomic E-state index is 0.298. The summed E-state index contributed by atoms with van der Waals surface area (Å²) in [5, 5.41) is 3.50. The van der Waals surface area contributed by atoms with Crippen LogP contribution >= 0.6 is 0 Å². The first-order valence-electron chi connectivity index (χ1n) is 14.7. The zero-order chi connectivity index (χ0) is 28.3. The minimum Gasteiger partial charge on any atom is -0.424 e. The fraction of sp³-hybridized carbons (Fsp3) is 0.265. The molecule has 0 radical (unpaired) electrons. The molecular weight excluding hydrogens is 524 g/mol. The van der Waals surface area contributed by atoms with E-state index in [2.05, 4.69) is 94.5 Å². The van der Waals surface area contributed by atoms with Gasteiger partial charge in [-0.3, -0.25) is 0 Å². The standard InChI is InChI=1S/C34H34N6O2/c1-24-11-16-30(29-10-6-5-9-28(24)29)42-34-37-32(36-26-12-14-27(15-13-26)39-19-21-41-22-20-39)31-33(38-34)40(23-35-31)18-17-25-7-3-2-4-8-25/h2-10,12-16,23-24H,11,17-22H2,1H3,(H,36,37,38). The van der Waals surface area contributed by atoms with E-state index in [1.165, 1.54) is 16.8 Å². The van der Waals surface area contributed by atoms with Gasteiger partial charge in [0.1, 0.15) is 5.76 Å². The molecule has 1 aliphatic carbocycles. The van der Waals surface area contributed by atoms with E-state index in [0.29, 0.717) is 23.3 Å². The molecule has 1 unspecified atom stereocenters. The van der Waals surface area contributed by atoms with E-state index in [0.717, 1.165) is 68.3 Å². The first-order valence-corrected chi connectivity index (χ1v) is 14.7. The highest BCUT2D eigenvalue weighted by Gasteiger charge is 2.22. The van der Waals surface area contributed by atoms with E-state index < -0.39 is 0 Å². The van der Waals surface area contributed by atoms with Crippen molar-refractivity contribution in [2.75, 3.05) is 36.5 Å². The normalized spacial score (nSPS) is 16.6. The van der Waals surface area contributed by atoms with Gasteiger partial charge in [0.15, 0.2) is 17.0 Å². The van der Waals surface area contributed by atoms with Crippen LogP contribution in [-0.4, -0.2) is 45.8 Å². The molecule has 5 aromatic rings. The highest BCUT2D eigenvalue weighted by atomic mass is 16.5. The van der Waals surface area contributed by atoms with E-state index in [1.54, 1.807) is 0 Å². The van der Waals surface area contributed by atoms with Gasteiger partial charge in [0.05, 0.1) is 19.5 Å². The summed E-state index contributed by atoms with van der Waals surface area (Å²) >= 11 is 0. The van der Waals surface area contributed by atoms with Crippen LogP contribution in [0.1, 0.15) is 36.0 Å². The van der Waals surface area contributed by atoms with Crippen LogP contribution in [0.2, 0.25) is 0 Å². The molecular formula is C34H34N6O2. The van der Waals surface area contributed by atoms with Crippen molar-refractivity contribution < 1.29 is 9.47 Å². The summed E-state index contributed by atoms with van der Waals surface area (Å²) in [7, 11) is 0. The zero-order valence-electron chi connectivity index (χ0n) is 23.7. The topological polar surface area (TPSA) is 77.3 Å². The number of rotatable bonds is 8. The largest absolute Gasteiger partial charge is 0.424 e. The van der Waals surface area contributed by atoms with Crippen molar-refractivity contribution in [1.82, 2.24) is 19.5 Å². The van der Waals surface area contributed by atoms with E-state index in [-0.39, 0.29) is 0 Å². The van der Waals surface area contributed by atoms with Crippen LogP contribution in [0.3, 0.4) is 0 Å². The van der Waals surface area contributed by atoms with Gasteiger partial charge in [0.2, 0.25) is 0 Å². The molecule has 7 rings (SSSR count). The molecule has 0 amide bonds. The summed E-state index contributed by atoms with van der Waals surface area (Å²) in [6.07, 6.45) is 5.76. The molecule has 1 fully saturated rings. The van der Waals surface area contributed by atoms with Crippen molar-refractivity contribution in [3.8, 4) is 6.01 Å². The summed E-state index contributed by atoms with van der Waals surface area (Å²) in [5.74, 6) is 1.85. The monoisotopic (exact) mass is 558 g/mol. The molecule has 2 aliphatic rings. The minimum atomic E-state index is 0.298. The number of aromatic nitrogens is 4. The smallest absolute Gasteiger partial charge is 0.326 e. The summed E-state index contributed by atoms with van der Waals surface area (Å²) in [5.41, 5.74) is 7.19. The van der Waals surface area contributed by atoms with Crippen molar-refractivity contribution in [3.05, 3.63) is 108 Å². The molecule has 2 aromatic heterocycles.